The van der Waals surface area contributed by atoms with E-state index in [4.69, 9.17) is 9.92 Å². The van der Waals surface area contributed by atoms with Crippen LogP contribution >= 0.6 is 11.3 Å². The molecule has 0 saturated heterocycles. The molecule has 0 spiro atoms. The van der Waals surface area contributed by atoms with E-state index in [9.17, 15) is 9.00 Å². The molecule has 0 fully saturated rings. The van der Waals surface area contributed by atoms with Crippen molar-refractivity contribution in [2.75, 3.05) is 0 Å². The van der Waals surface area contributed by atoms with Gasteiger partial charge in [0.1, 0.15) is 14.1 Å². The highest BCUT2D eigenvalue weighted by molar-refractivity contribution is 7.92. The van der Waals surface area contributed by atoms with Crippen LogP contribution in [0.3, 0.4) is 0 Å². The van der Waals surface area contributed by atoms with Gasteiger partial charge in [0.25, 0.3) is 0 Å². The molecule has 1 aromatic rings. The second kappa shape index (κ2) is 3.57. The average Bonchev–Trinajstić information content (AvgIpc) is 2.49. The van der Waals surface area contributed by atoms with Crippen molar-refractivity contribution in [3.05, 3.63) is 17.0 Å². The monoisotopic (exact) mass is 218 g/mol. The van der Waals surface area contributed by atoms with Gasteiger partial charge in [-0.05, 0) is 11.4 Å². The third kappa shape index (κ3) is 2.15. The Hall–Kier alpha value is -0.720. The van der Waals surface area contributed by atoms with Crippen LogP contribution in [-0.2, 0) is 9.92 Å². The van der Waals surface area contributed by atoms with E-state index in [1.807, 2.05) is 0 Å². The van der Waals surface area contributed by atoms with Gasteiger partial charge in [-0.1, -0.05) is 6.92 Å². The molecule has 1 atom stereocenters. The van der Waals surface area contributed by atoms with Gasteiger partial charge < -0.3 is 0 Å². The number of nitrogens with one attached hydrogen (secondary N) is 1. The lowest BCUT2D eigenvalue weighted by molar-refractivity contribution is 0.0986. The maximum absolute atomic E-state index is 11.3. The summed E-state index contributed by atoms with van der Waals surface area (Å²) in [6, 6.07) is 1.56. The first-order valence-electron chi connectivity index (χ1n) is 3.64. The molecule has 0 aliphatic heterocycles. The summed E-state index contributed by atoms with van der Waals surface area (Å²) in [7, 11) is -3.25. The van der Waals surface area contributed by atoms with Gasteiger partial charge in [-0.2, -0.15) is 0 Å². The van der Waals surface area contributed by atoms with Crippen LogP contribution in [0.25, 0.3) is 0 Å². The molecule has 1 unspecified atom stereocenters. The summed E-state index contributed by atoms with van der Waals surface area (Å²) in [6.45, 7) is 1.71. The summed E-state index contributed by atoms with van der Waals surface area (Å²) in [5.41, 5.74) is 0.329. The molecule has 0 aromatic carbocycles. The van der Waals surface area contributed by atoms with Crippen molar-refractivity contribution in [1.82, 2.24) is 0 Å². The number of nitrogens with two attached hydrogens (primary N) is 1. The van der Waals surface area contributed by atoms with E-state index in [-0.39, 0.29) is 9.99 Å². The average molecular weight is 218 g/mol. The first-order chi connectivity index (χ1) is 5.96. The van der Waals surface area contributed by atoms with Crippen molar-refractivity contribution in [3.63, 3.8) is 0 Å². The highest BCUT2D eigenvalue weighted by Crippen LogP contribution is 2.22. The van der Waals surface area contributed by atoms with Crippen LogP contribution in [0.5, 0.6) is 0 Å². The number of hydrogen-bond acceptors (Lipinski definition) is 4. The Labute approximate surface area is 80.9 Å². The van der Waals surface area contributed by atoms with Crippen molar-refractivity contribution < 1.29 is 9.00 Å². The normalized spacial score (nSPS) is 15.2. The number of ketones is 1. The molecule has 1 heterocycles. The minimum absolute atomic E-state index is 0.123. The Morgan fingerprint density at radius 2 is 2.38 bits per heavy atom. The minimum Gasteiger partial charge on any atom is -0.294 e. The van der Waals surface area contributed by atoms with Gasteiger partial charge in [-0.15, -0.1) is 11.3 Å². The van der Waals surface area contributed by atoms with Crippen molar-refractivity contribution in [2.24, 2.45) is 5.14 Å². The highest BCUT2D eigenvalue weighted by Gasteiger charge is 2.16. The standard InChI is InChI=1S/C7H10N2O2S2/c1-2-6(10)5-3-4-12-7(5)13(8,9)11/h3-4H,2H2,1H3,(H3,8,9,11). The van der Waals surface area contributed by atoms with Crippen LogP contribution in [-0.4, -0.2) is 9.99 Å². The lowest BCUT2D eigenvalue weighted by Crippen LogP contribution is -2.12. The minimum atomic E-state index is -3.25. The Balaban J connectivity index is 3.26. The fraction of sp³-hybridized carbons (Fsp3) is 0.286. The molecule has 1 aromatic heterocycles. The zero-order valence-electron chi connectivity index (χ0n) is 7.07. The van der Waals surface area contributed by atoms with Crippen molar-refractivity contribution in [3.8, 4) is 0 Å². The lowest BCUT2D eigenvalue weighted by atomic mass is 10.2. The van der Waals surface area contributed by atoms with Crippen molar-refractivity contribution >= 4 is 27.0 Å². The molecule has 3 N–H and O–H groups in total. The van der Waals surface area contributed by atoms with E-state index < -0.39 is 9.92 Å². The fourth-order valence-corrected chi connectivity index (χ4v) is 2.81. The summed E-state index contributed by atoms with van der Waals surface area (Å²) in [5, 5.41) is 6.77. The zero-order chi connectivity index (χ0) is 10.1. The van der Waals surface area contributed by atoms with Gasteiger partial charge >= 0.3 is 0 Å². The van der Waals surface area contributed by atoms with Crippen LogP contribution in [0.1, 0.15) is 23.7 Å². The number of carbonyl (C=O) groups excluding carboxylic acids is 1. The number of hydrogen-bond donors (Lipinski definition) is 2. The third-order valence-corrected chi connectivity index (χ3v) is 4.04. The van der Waals surface area contributed by atoms with Crippen LogP contribution in [0.15, 0.2) is 15.7 Å². The molecule has 72 valence electrons. The van der Waals surface area contributed by atoms with Crippen LogP contribution < -0.4 is 5.14 Å². The van der Waals surface area contributed by atoms with E-state index in [2.05, 4.69) is 0 Å². The number of Topliss-reactive ketones (excluding diaryl/α,β-unsaturated/α-hetero) is 1. The molecule has 0 saturated carbocycles. The van der Waals surface area contributed by atoms with Gasteiger partial charge in [-0.25, -0.2) is 14.1 Å². The predicted octanol–water partition coefficient (Wildman–Crippen LogP) is 1.62. The van der Waals surface area contributed by atoms with E-state index in [1.54, 1.807) is 18.4 Å². The second-order valence-electron chi connectivity index (χ2n) is 2.50. The fourth-order valence-electron chi connectivity index (χ4n) is 0.927. The van der Waals surface area contributed by atoms with Gasteiger partial charge in [0.05, 0.1) is 0 Å². The number of thiophene rings is 1. The molecule has 0 aliphatic carbocycles. The Morgan fingerprint density at radius 3 is 2.85 bits per heavy atom. The Bertz CT molecular complexity index is 419. The second-order valence-corrected chi connectivity index (χ2v) is 5.28. The van der Waals surface area contributed by atoms with Crippen LogP contribution in [0.2, 0.25) is 0 Å². The molecular formula is C7H10N2O2S2. The zero-order valence-corrected chi connectivity index (χ0v) is 8.71. The van der Waals surface area contributed by atoms with Crippen molar-refractivity contribution in [1.29, 1.82) is 4.78 Å². The molecule has 0 radical (unpaired) electrons. The smallest absolute Gasteiger partial charge is 0.164 e. The summed E-state index contributed by atoms with van der Waals surface area (Å²) >= 11 is 1.09. The molecule has 0 aliphatic rings. The van der Waals surface area contributed by atoms with E-state index in [1.165, 1.54) is 0 Å². The SMILES string of the molecule is CCC(=O)c1ccsc1S(=N)(N)=O. The summed E-state index contributed by atoms with van der Waals surface area (Å²) in [6.07, 6.45) is 0.333. The first kappa shape index (κ1) is 10.4. The van der Waals surface area contributed by atoms with E-state index in [0.717, 1.165) is 11.3 Å². The molecule has 0 amide bonds. The maximum atomic E-state index is 11.3. The summed E-state index contributed by atoms with van der Waals surface area (Å²) in [5.74, 6) is -0.123. The van der Waals surface area contributed by atoms with Gasteiger partial charge in [0.2, 0.25) is 0 Å². The van der Waals surface area contributed by atoms with E-state index in [0.29, 0.717) is 12.0 Å². The largest absolute Gasteiger partial charge is 0.294 e. The number of rotatable bonds is 3. The lowest BCUT2D eigenvalue weighted by Gasteiger charge is -2.00. The predicted molar refractivity (Wildman–Crippen MR) is 52.3 cm³/mol. The first-order valence-corrected chi connectivity index (χ1v) is 6.14. The van der Waals surface area contributed by atoms with Crippen LogP contribution in [0.4, 0.5) is 0 Å². The number of carbonyl (C=O) groups is 1. The topological polar surface area (TPSA) is 84.0 Å². The highest BCUT2D eigenvalue weighted by atomic mass is 32.2. The quantitative estimate of drug-likeness (QED) is 0.755. The molecule has 6 heteroatoms. The van der Waals surface area contributed by atoms with Crippen LogP contribution in [0, 0.1) is 4.78 Å². The molecular weight excluding hydrogens is 208 g/mol. The molecule has 4 nitrogen and oxygen atoms in total. The van der Waals surface area contributed by atoms with Crippen molar-refractivity contribution in [2.45, 2.75) is 17.6 Å². The van der Waals surface area contributed by atoms with Gasteiger partial charge in [0, 0.05) is 12.0 Å². The molecule has 1 rings (SSSR count). The molecule has 0 bridgehead atoms. The Kier molecular flexibility index (Phi) is 2.84. The maximum Gasteiger partial charge on any atom is 0.164 e. The molecule has 13 heavy (non-hydrogen) atoms. The summed E-state index contributed by atoms with van der Waals surface area (Å²) < 4.78 is 18.5. The van der Waals surface area contributed by atoms with E-state index >= 15 is 0 Å². The third-order valence-electron chi connectivity index (χ3n) is 1.53. The van der Waals surface area contributed by atoms with Gasteiger partial charge in [0.15, 0.2) is 5.78 Å². The Morgan fingerprint density at radius 1 is 1.77 bits per heavy atom. The summed E-state index contributed by atoms with van der Waals surface area (Å²) in [4.78, 5) is 11.3. The van der Waals surface area contributed by atoms with Gasteiger partial charge in [-0.3, -0.25) is 4.79 Å².